The van der Waals surface area contributed by atoms with E-state index < -0.39 is 44.6 Å². The normalized spacial score (nSPS) is 29.5. The van der Waals surface area contributed by atoms with Crippen molar-refractivity contribution in [2.75, 3.05) is 27.1 Å². The third kappa shape index (κ3) is 3.19. The highest BCUT2D eigenvalue weighted by atomic mass is 16.6. The van der Waals surface area contributed by atoms with E-state index in [4.69, 9.17) is 15.1 Å². The molecule has 1 saturated heterocycles. The molecule has 0 spiro atoms. The molecule has 0 aliphatic carbocycles. The summed E-state index contributed by atoms with van der Waals surface area (Å²) >= 11 is 0. The molecule has 1 aromatic carbocycles. The predicted molar refractivity (Wildman–Crippen MR) is 82.5 cm³/mol. The number of nitrogens with zero attached hydrogens (tertiary/aromatic N) is 1. The van der Waals surface area contributed by atoms with Gasteiger partial charge in [0.05, 0.1) is 14.3 Å². The van der Waals surface area contributed by atoms with Crippen molar-refractivity contribution in [3.63, 3.8) is 0 Å². The van der Waals surface area contributed by atoms with Gasteiger partial charge in [-0.1, -0.05) is 6.04 Å². The summed E-state index contributed by atoms with van der Waals surface area (Å²) in [5, 5.41) is 2.24. The number of aryl methyl sites for hydroxylation is 1. The summed E-state index contributed by atoms with van der Waals surface area (Å²) in [7, 11) is 1.07. The van der Waals surface area contributed by atoms with Gasteiger partial charge < -0.3 is 19.9 Å². The SMILES string of the molecule is [2H]c1[nH]c2c([2H])c([2H])c(C[C@@H]3NC(=O)OC3([2H])[2H])c([2H])c2c1CC([2H])([2H])N(C)C([2H])([2H])[2H]. The van der Waals surface area contributed by atoms with Gasteiger partial charge >= 0.3 is 6.09 Å². The highest BCUT2D eigenvalue weighted by molar-refractivity contribution is 5.84. The van der Waals surface area contributed by atoms with Gasteiger partial charge in [0, 0.05) is 30.4 Å². The third-order valence-corrected chi connectivity index (χ3v) is 2.99. The van der Waals surface area contributed by atoms with Crippen molar-refractivity contribution in [1.82, 2.24) is 15.2 Å². The standard InChI is InChI=1S/C16H21N3O2/c1-19(2)6-5-12-9-17-15-4-3-11(8-14(12)15)7-13-10-21-16(20)18-13/h3-4,8-9,13,17H,5-7,10H2,1-2H3,(H,18,20)/t13-/m0/s1/i1D3,3D,4D,6D2,8D,9D,10D2. The number of nitrogens with one attached hydrogen (secondary N) is 2. The summed E-state index contributed by atoms with van der Waals surface area (Å²) in [6, 6.07) is -2.36. The number of likely N-dealkylation sites (N-methyl/N-ethyl adjacent to an activating group) is 1. The number of hydrogen-bond acceptors (Lipinski definition) is 3. The van der Waals surface area contributed by atoms with E-state index >= 15 is 0 Å². The van der Waals surface area contributed by atoms with Crippen LogP contribution in [0.1, 0.15) is 26.2 Å². The van der Waals surface area contributed by atoms with Crippen LogP contribution in [0, 0.1) is 0 Å². The molecule has 21 heavy (non-hydrogen) atoms. The quantitative estimate of drug-likeness (QED) is 0.887. The fourth-order valence-corrected chi connectivity index (χ4v) is 2.02. The molecule has 0 bridgehead atoms. The van der Waals surface area contributed by atoms with Crippen LogP contribution in [0.25, 0.3) is 10.9 Å². The molecule has 1 fully saturated rings. The molecule has 5 heteroatoms. The van der Waals surface area contributed by atoms with Gasteiger partial charge in [0.2, 0.25) is 0 Å². The number of benzene rings is 1. The first-order chi connectivity index (χ1) is 14.5. The number of amides is 1. The lowest BCUT2D eigenvalue weighted by atomic mass is 10.0. The second-order valence-corrected chi connectivity index (χ2v) is 4.63. The maximum Gasteiger partial charge on any atom is 0.407 e. The number of cyclic esters (lactones) is 1. The van der Waals surface area contributed by atoms with Crippen molar-refractivity contribution in [2.45, 2.75) is 18.9 Å². The maximum absolute atomic E-state index is 11.4. The van der Waals surface area contributed by atoms with Crippen LogP contribution in [0.2, 0.25) is 0 Å². The van der Waals surface area contributed by atoms with E-state index in [0.717, 1.165) is 7.05 Å². The highest BCUT2D eigenvalue weighted by Crippen LogP contribution is 2.21. The number of alkyl carbamates (subject to hydrolysis) is 1. The van der Waals surface area contributed by atoms with Gasteiger partial charge in [0.1, 0.15) is 6.56 Å². The minimum Gasteiger partial charge on any atom is -0.447 e. The van der Waals surface area contributed by atoms with Gasteiger partial charge in [-0.3, -0.25) is 0 Å². The zero-order valence-electron chi connectivity index (χ0n) is 22.3. The van der Waals surface area contributed by atoms with Gasteiger partial charge in [-0.05, 0) is 50.1 Å². The molecule has 1 atom stereocenters. The second kappa shape index (κ2) is 5.77. The molecule has 2 heterocycles. The molecule has 1 aliphatic rings. The number of carbonyl (C=O) groups excluding carboxylic acids is 1. The van der Waals surface area contributed by atoms with Crippen LogP contribution >= 0.6 is 0 Å². The van der Waals surface area contributed by atoms with Crippen molar-refractivity contribution in [2.24, 2.45) is 0 Å². The molecule has 3 rings (SSSR count). The molecular weight excluding hydrogens is 266 g/mol. The molecule has 2 N–H and O–H groups in total. The molecule has 1 aromatic heterocycles. The van der Waals surface area contributed by atoms with Crippen LogP contribution in [-0.4, -0.2) is 49.1 Å². The fourth-order valence-electron chi connectivity index (χ4n) is 2.02. The van der Waals surface area contributed by atoms with Crippen LogP contribution in [0.3, 0.4) is 0 Å². The first kappa shape index (κ1) is 6.01. The minimum atomic E-state index is -2.76. The molecule has 1 aliphatic heterocycles. The summed E-state index contributed by atoms with van der Waals surface area (Å²) in [4.78, 5) is 14.5. The summed E-state index contributed by atoms with van der Waals surface area (Å²) in [5.74, 6) is 0. The molecule has 0 radical (unpaired) electrons. The molecule has 0 unspecified atom stereocenters. The number of carbonyl (C=O) groups is 1. The van der Waals surface area contributed by atoms with Crippen LogP contribution in [0.4, 0.5) is 4.79 Å². The van der Waals surface area contributed by atoms with Crippen molar-refractivity contribution in [1.29, 1.82) is 0 Å². The third-order valence-electron chi connectivity index (χ3n) is 2.99. The Hall–Kier alpha value is -2.01. The van der Waals surface area contributed by atoms with Crippen molar-refractivity contribution >= 4 is 17.0 Å². The average molecular weight is 298 g/mol. The summed E-state index contributed by atoms with van der Waals surface area (Å²) in [6.07, 6.45) is -2.26. The van der Waals surface area contributed by atoms with Crippen molar-refractivity contribution in [3.05, 3.63) is 35.4 Å². The van der Waals surface area contributed by atoms with E-state index in [1.165, 1.54) is 0 Å². The van der Waals surface area contributed by atoms with E-state index in [9.17, 15) is 4.79 Å². The van der Waals surface area contributed by atoms with Gasteiger partial charge in [0.15, 0.2) is 0 Å². The molecule has 0 saturated carbocycles. The molecule has 5 nitrogen and oxygen atoms in total. The Morgan fingerprint density at radius 3 is 3.33 bits per heavy atom. The molecule has 112 valence electrons. The lowest BCUT2D eigenvalue weighted by molar-refractivity contribution is 0.177. The topological polar surface area (TPSA) is 57.4 Å². The minimum absolute atomic E-state index is 0.0281. The number of rotatable bonds is 5. The lowest BCUT2D eigenvalue weighted by Crippen LogP contribution is -2.28. The Morgan fingerprint density at radius 2 is 2.57 bits per heavy atom. The first-order valence-corrected chi connectivity index (χ1v) is 6.30. The molecule has 2 aromatic rings. The average Bonchev–Trinajstić information content (AvgIpc) is 3.10. The second-order valence-electron chi connectivity index (χ2n) is 4.63. The van der Waals surface area contributed by atoms with Crippen LogP contribution in [0.15, 0.2) is 24.3 Å². The summed E-state index contributed by atoms with van der Waals surface area (Å²) in [5.41, 5.74) is -0.187. The van der Waals surface area contributed by atoms with E-state index in [-0.39, 0.29) is 46.7 Å². The number of fused-ring (bicyclic) bond motifs is 1. The van der Waals surface area contributed by atoms with Crippen molar-refractivity contribution in [3.8, 4) is 0 Å². The zero-order valence-corrected chi connectivity index (χ0v) is 11.3. The van der Waals surface area contributed by atoms with Gasteiger partial charge in [-0.25, -0.2) is 4.79 Å². The number of hydrogen-bond donors (Lipinski definition) is 2. The lowest BCUT2D eigenvalue weighted by Gasteiger charge is -2.09. The maximum atomic E-state index is 11.4. The van der Waals surface area contributed by atoms with E-state index in [0.29, 0.717) is 4.90 Å². The largest absolute Gasteiger partial charge is 0.447 e. The molecule has 1 amide bonds. The number of aromatic nitrogens is 1. The Bertz CT molecular complexity index is 1080. The van der Waals surface area contributed by atoms with E-state index in [1.54, 1.807) is 0 Å². The summed E-state index contributed by atoms with van der Waals surface area (Å²) < 4.78 is 92.1. The monoisotopic (exact) mass is 298 g/mol. The van der Waals surface area contributed by atoms with Crippen LogP contribution < -0.4 is 5.32 Å². The first-order valence-electron chi connectivity index (χ1n) is 11.8. The summed E-state index contributed by atoms with van der Waals surface area (Å²) in [6.45, 7) is -7.60. The van der Waals surface area contributed by atoms with Gasteiger partial charge in [-0.15, -0.1) is 0 Å². The van der Waals surface area contributed by atoms with E-state index in [2.05, 4.69) is 15.0 Å². The zero-order chi connectivity index (χ0) is 24.4. The number of H-pyrrole nitrogens is 1. The van der Waals surface area contributed by atoms with Gasteiger partial charge in [0.25, 0.3) is 0 Å². The molecular formula is C16H21N3O2. The number of aromatic amines is 1. The predicted octanol–water partition coefficient (Wildman–Crippen LogP) is 1.92. The van der Waals surface area contributed by atoms with Crippen molar-refractivity contribution < 1.29 is 24.6 Å². The van der Waals surface area contributed by atoms with Crippen LogP contribution in [-0.2, 0) is 17.6 Å². The van der Waals surface area contributed by atoms with Crippen LogP contribution in [0.5, 0.6) is 0 Å². The Kier molecular flexibility index (Phi) is 1.65. The van der Waals surface area contributed by atoms with Gasteiger partial charge in [-0.2, -0.15) is 0 Å². The smallest absolute Gasteiger partial charge is 0.407 e. The fraction of sp³-hybridized carbons (Fsp3) is 0.438. The Balaban J connectivity index is 2.13. The highest BCUT2D eigenvalue weighted by Gasteiger charge is 2.22. The van der Waals surface area contributed by atoms with E-state index in [1.807, 2.05) is 0 Å². The Labute approximate surface area is 139 Å². The number of ether oxygens (including phenoxy) is 1. The Morgan fingerprint density at radius 1 is 1.67 bits per heavy atom.